The zero-order valence-electron chi connectivity index (χ0n) is 26.3. The molecule has 0 bridgehead atoms. The topological polar surface area (TPSA) is 106 Å². The van der Waals surface area contributed by atoms with Gasteiger partial charge < -0.3 is 19.5 Å². The van der Waals surface area contributed by atoms with Gasteiger partial charge in [0.05, 0.1) is 25.3 Å². The Morgan fingerprint density at radius 2 is 1.70 bits per heavy atom. The molecule has 0 saturated carbocycles. The average Bonchev–Trinajstić information content (AvgIpc) is 3.26. The summed E-state index contributed by atoms with van der Waals surface area (Å²) >= 11 is 0. The van der Waals surface area contributed by atoms with Crippen molar-refractivity contribution < 1.29 is 28.6 Å². The van der Waals surface area contributed by atoms with Crippen LogP contribution >= 0.6 is 0 Å². The van der Waals surface area contributed by atoms with Crippen LogP contribution in [-0.4, -0.2) is 89.4 Å². The lowest BCUT2D eigenvalue weighted by Crippen LogP contribution is -2.52. The van der Waals surface area contributed by atoms with Crippen molar-refractivity contribution in [2.45, 2.75) is 72.5 Å². The molecule has 0 aliphatic carbocycles. The molecular weight excluding hydrogens is 551 g/mol. The van der Waals surface area contributed by atoms with Gasteiger partial charge in [-0.15, -0.1) is 0 Å². The van der Waals surface area contributed by atoms with E-state index < -0.39 is 17.8 Å². The van der Waals surface area contributed by atoms with E-state index in [0.717, 1.165) is 24.2 Å². The van der Waals surface area contributed by atoms with Crippen molar-refractivity contribution in [2.24, 2.45) is 0 Å². The second kappa shape index (κ2) is 13.4. The summed E-state index contributed by atoms with van der Waals surface area (Å²) in [5, 5.41) is 18.2. The zero-order chi connectivity index (χ0) is 31.5. The minimum Gasteiger partial charge on any atom is -0.490 e. The van der Waals surface area contributed by atoms with E-state index in [4.69, 9.17) is 14.9 Å². The van der Waals surface area contributed by atoms with E-state index in [9.17, 15) is 14.7 Å². The first-order chi connectivity index (χ1) is 20.4. The van der Waals surface area contributed by atoms with E-state index in [1.54, 1.807) is 17.9 Å². The largest absolute Gasteiger partial charge is 0.490 e. The SMILES string of the molecule is CCOc1cc2c(c(F)c1OCC)C(=N)N(CC(=O)c1cc(CN3CCN(C(CC)C(=O)O)CC3)cc(C(C)(C)C)c1)C2. The Morgan fingerprint density at radius 1 is 1.02 bits per heavy atom. The van der Waals surface area contributed by atoms with E-state index in [2.05, 4.69) is 31.7 Å². The number of ether oxygens (including phenoxy) is 2. The number of amidine groups is 1. The van der Waals surface area contributed by atoms with Crippen LogP contribution in [0.2, 0.25) is 0 Å². The van der Waals surface area contributed by atoms with Crippen molar-refractivity contribution in [1.29, 1.82) is 5.41 Å². The van der Waals surface area contributed by atoms with Crippen LogP contribution in [0.25, 0.3) is 0 Å². The van der Waals surface area contributed by atoms with Crippen molar-refractivity contribution in [3.63, 3.8) is 0 Å². The van der Waals surface area contributed by atoms with Gasteiger partial charge in [-0.2, -0.15) is 0 Å². The number of fused-ring (bicyclic) bond motifs is 1. The monoisotopic (exact) mass is 596 g/mol. The highest BCUT2D eigenvalue weighted by atomic mass is 19.1. The fraction of sp³-hybridized carbons (Fsp3) is 0.545. The Labute approximate surface area is 254 Å². The lowest BCUT2D eigenvalue weighted by molar-refractivity contribution is -0.144. The molecule has 0 radical (unpaired) electrons. The van der Waals surface area contributed by atoms with Crippen LogP contribution in [-0.2, 0) is 23.3 Å². The number of aliphatic carboxylic acids is 1. The highest BCUT2D eigenvalue weighted by molar-refractivity contribution is 6.06. The summed E-state index contributed by atoms with van der Waals surface area (Å²) in [6.07, 6.45) is 0.571. The number of ketones is 1. The molecule has 0 aromatic heterocycles. The molecule has 1 fully saturated rings. The zero-order valence-corrected chi connectivity index (χ0v) is 26.3. The van der Waals surface area contributed by atoms with Crippen LogP contribution < -0.4 is 9.47 Å². The first-order valence-corrected chi connectivity index (χ1v) is 15.2. The van der Waals surface area contributed by atoms with Gasteiger partial charge in [0.1, 0.15) is 11.9 Å². The summed E-state index contributed by atoms with van der Waals surface area (Å²) in [5.74, 6) is -1.29. The normalized spacial score (nSPS) is 16.7. The molecule has 2 aromatic rings. The number of carbonyl (C=O) groups excluding carboxylic acids is 1. The maximum atomic E-state index is 15.5. The Morgan fingerprint density at radius 3 is 2.28 bits per heavy atom. The lowest BCUT2D eigenvalue weighted by atomic mass is 9.84. The summed E-state index contributed by atoms with van der Waals surface area (Å²) in [6.45, 7) is 16.1. The third-order valence-corrected chi connectivity index (χ3v) is 8.21. The molecule has 1 saturated heterocycles. The van der Waals surface area contributed by atoms with Crippen molar-refractivity contribution in [3.8, 4) is 11.5 Å². The highest BCUT2D eigenvalue weighted by Gasteiger charge is 2.33. The Hall–Kier alpha value is -3.50. The molecule has 43 heavy (non-hydrogen) atoms. The smallest absolute Gasteiger partial charge is 0.320 e. The van der Waals surface area contributed by atoms with Crippen molar-refractivity contribution in [3.05, 3.63) is 57.9 Å². The number of Topliss-reactive ketones (excluding diaryl/α,β-unsaturated/α-hetero) is 1. The van der Waals surface area contributed by atoms with Crippen LogP contribution in [0, 0.1) is 11.2 Å². The van der Waals surface area contributed by atoms with Gasteiger partial charge in [0.2, 0.25) is 0 Å². The fourth-order valence-electron chi connectivity index (χ4n) is 5.88. The predicted molar refractivity (Wildman–Crippen MR) is 164 cm³/mol. The molecule has 1 unspecified atom stereocenters. The van der Waals surface area contributed by atoms with Gasteiger partial charge in [-0.25, -0.2) is 4.39 Å². The summed E-state index contributed by atoms with van der Waals surface area (Å²) in [5.41, 5.74) is 3.17. The van der Waals surface area contributed by atoms with Crippen LogP contribution in [0.1, 0.15) is 80.6 Å². The molecule has 2 aromatic carbocycles. The van der Waals surface area contributed by atoms with Gasteiger partial charge in [0, 0.05) is 44.8 Å². The number of nitrogens with one attached hydrogen (secondary N) is 1. The number of benzene rings is 2. The van der Waals surface area contributed by atoms with Gasteiger partial charge in [0.15, 0.2) is 23.1 Å². The third kappa shape index (κ3) is 7.18. The maximum Gasteiger partial charge on any atom is 0.320 e. The van der Waals surface area contributed by atoms with Crippen LogP contribution in [0.4, 0.5) is 4.39 Å². The van der Waals surface area contributed by atoms with Gasteiger partial charge in [-0.1, -0.05) is 33.8 Å². The van der Waals surface area contributed by atoms with Crippen LogP contribution in [0.15, 0.2) is 24.3 Å². The highest BCUT2D eigenvalue weighted by Crippen LogP contribution is 2.39. The molecular formula is C33H45FN4O5. The number of halogens is 1. The number of nitrogens with zero attached hydrogens (tertiary/aromatic N) is 3. The lowest BCUT2D eigenvalue weighted by Gasteiger charge is -2.37. The second-order valence-electron chi connectivity index (χ2n) is 12.3. The van der Waals surface area contributed by atoms with E-state index in [1.165, 1.54) is 0 Å². The number of hydrogen-bond acceptors (Lipinski definition) is 7. The van der Waals surface area contributed by atoms with Gasteiger partial charge in [0.25, 0.3) is 0 Å². The summed E-state index contributed by atoms with van der Waals surface area (Å²) in [4.78, 5) is 31.2. The fourth-order valence-corrected chi connectivity index (χ4v) is 5.88. The average molecular weight is 597 g/mol. The first-order valence-electron chi connectivity index (χ1n) is 15.2. The number of rotatable bonds is 12. The van der Waals surface area contributed by atoms with Gasteiger partial charge in [-0.05, 0) is 60.6 Å². The predicted octanol–water partition coefficient (Wildman–Crippen LogP) is 4.93. The molecule has 234 valence electrons. The van der Waals surface area contributed by atoms with Gasteiger partial charge >= 0.3 is 5.97 Å². The second-order valence-corrected chi connectivity index (χ2v) is 12.3. The molecule has 2 aliphatic heterocycles. The summed E-state index contributed by atoms with van der Waals surface area (Å²) < 4.78 is 26.7. The van der Waals surface area contributed by atoms with Crippen molar-refractivity contribution in [2.75, 3.05) is 45.9 Å². The van der Waals surface area contributed by atoms with Gasteiger partial charge in [-0.3, -0.25) is 24.8 Å². The van der Waals surface area contributed by atoms with E-state index >= 15 is 4.39 Å². The van der Waals surface area contributed by atoms with E-state index in [1.807, 2.05) is 30.9 Å². The number of piperazine rings is 1. The standard InChI is InChI=1S/C33H45FN4O5/c1-7-25(32(40)41)37-12-10-36(11-13-37)18-21-14-22(16-24(15-21)33(4,5)6)26(39)20-38-19-23-17-27(42-8-2)30(43-9-3)29(34)28(23)31(38)35/h14-17,25,35H,7-13,18-20H2,1-6H3,(H,40,41). The quantitative estimate of drug-likeness (QED) is 0.333. The molecule has 2 heterocycles. The van der Waals surface area contributed by atoms with E-state index in [-0.39, 0.29) is 48.0 Å². The minimum atomic E-state index is -0.779. The minimum absolute atomic E-state index is 0.00226. The number of carboxylic acids is 1. The Bertz CT molecular complexity index is 1360. The molecule has 2 aliphatic rings. The molecule has 10 heteroatoms. The number of carbonyl (C=O) groups is 2. The molecule has 0 spiro atoms. The summed E-state index contributed by atoms with van der Waals surface area (Å²) in [6, 6.07) is 7.24. The van der Waals surface area contributed by atoms with Crippen molar-refractivity contribution >= 4 is 17.6 Å². The Balaban J connectivity index is 1.52. The number of carboxylic acid groups (broad SMARTS) is 1. The van der Waals surface area contributed by atoms with Crippen LogP contribution in [0.3, 0.4) is 0 Å². The molecule has 1 atom stereocenters. The Kier molecular flexibility index (Phi) is 10.1. The molecule has 0 amide bonds. The van der Waals surface area contributed by atoms with Crippen molar-refractivity contribution in [1.82, 2.24) is 14.7 Å². The summed E-state index contributed by atoms with van der Waals surface area (Å²) in [7, 11) is 0. The third-order valence-electron chi connectivity index (χ3n) is 8.21. The maximum absolute atomic E-state index is 15.5. The van der Waals surface area contributed by atoms with Crippen LogP contribution in [0.5, 0.6) is 11.5 Å². The first kappa shape index (κ1) is 32.4. The number of hydrogen-bond donors (Lipinski definition) is 2. The molecule has 4 rings (SSSR count). The van der Waals surface area contributed by atoms with E-state index in [0.29, 0.717) is 49.5 Å². The molecule has 2 N–H and O–H groups in total. The molecule has 9 nitrogen and oxygen atoms in total.